The third kappa shape index (κ3) is 4.00. The molecule has 5 rings (SSSR count). The molecule has 0 unspecified atom stereocenters. The van der Waals surface area contributed by atoms with Crippen molar-refractivity contribution in [1.29, 1.82) is 0 Å². The van der Waals surface area contributed by atoms with Gasteiger partial charge in [0.25, 0.3) is 5.89 Å². The Bertz CT molecular complexity index is 1060. The second-order valence-corrected chi connectivity index (χ2v) is 7.59. The highest BCUT2D eigenvalue weighted by Crippen LogP contribution is 2.37. The van der Waals surface area contributed by atoms with Crippen LogP contribution in [0, 0.1) is 0 Å². The van der Waals surface area contributed by atoms with Gasteiger partial charge in [0.2, 0.25) is 5.82 Å². The van der Waals surface area contributed by atoms with Crippen molar-refractivity contribution in [3.05, 3.63) is 42.7 Å². The molecule has 10 nitrogen and oxygen atoms in total. The normalized spacial score (nSPS) is 17.0. The van der Waals surface area contributed by atoms with Gasteiger partial charge in [-0.3, -0.25) is 4.98 Å². The fraction of sp³-hybridized carbons (Fsp3) is 0.381. The van der Waals surface area contributed by atoms with Gasteiger partial charge in [-0.15, -0.1) is 0 Å². The molecular weight excluding hydrogens is 400 g/mol. The minimum Gasteiger partial charge on any atom is -0.486 e. The van der Waals surface area contributed by atoms with E-state index in [0.29, 0.717) is 60.7 Å². The van der Waals surface area contributed by atoms with E-state index in [1.54, 1.807) is 36.8 Å². The van der Waals surface area contributed by atoms with Gasteiger partial charge in [-0.1, -0.05) is 24.4 Å². The SMILES string of the molecule is O=C(Nc1ccc2c(c1)OCCO2)NC1(c2nc(-c3cnccn3)no2)CCCCC1. The third-order valence-electron chi connectivity index (χ3n) is 5.49. The summed E-state index contributed by atoms with van der Waals surface area (Å²) in [6.07, 6.45) is 9.15. The maximum absolute atomic E-state index is 12.9. The smallest absolute Gasteiger partial charge is 0.320 e. The van der Waals surface area contributed by atoms with E-state index in [4.69, 9.17) is 14.0 Å². The van der Waals surface area contributed by atoms with Crippen molar-refractivity contribution < 1.29 is 18.8 Å². The molecule has 1 aliphatic heterocycles. The van der Waals surface area contributed by atoms with E-state index in [1.165, 1.54) is 0 Å². The van der Waals surface area contributed by atoms with Gasteiger partial charge in [0.05, 0.1) is 6.20 Å². The summed E-state index contributed by atoms with van der Waals surface area (Å²) in [7, 11) is 0. The van der Waals surface area contributed by atoms with Crippen molar-refractivity contribution in [2.45, 2.75) is 37.6 Å². The van der Waals surface area contributed by atoms with Gasteiger partial charge < -0.3 is 24.6 Å². The van der Waals surface area contributed by atoms with Crippen LogP contribution in [-0.2, 0) is 5.54 Å². The highest BCUT2D eigenvalue weighted by Gasteiger charge is 2.41. The molecule has 0 radical (unpaired) electrons. The highest BCUT2D eigenvalue weighted by molar-refractivity contribution is 5.90. The Hall–Kier alpha value is -3.69. The first kappa shape index (κ1) is 19.3. The molecule has 1 fully saturated rings. The number of carbonyl (C=O) groups is 1. The second kappa shape index (κ2) is 8.21. The average molecular weight is 422 g/mol. The van der Waals surface area contributed by atoms with Gasteiger partial charge in [0.15, 0.2) is 11.5 Å². The lowest BCUT2D eigenvalue weighted by atomic mass is 9.81. The van der Waals surface area contributed by atoms with E-state index in [2.05, 4.69) is 30.7 Å². The fourth-order valence-electron chi connectivity index (χ4n) is 3.98. The molecule has 3 heterocycles. The quantitative estimate of drug-likeness (QED) is 0.656. The number of nitrogens with one attached hydrogen (secondary N) is 2. The third-order valence-corrected chi connectivity index (χ3v) is 5.49. The van der Waals surface area contributed by atoms with Crippen molar-refractivity contribution in [1.82, 2.24) is 25.4 Å². The number of anilines is 1. The first-order chi connectivity index (χ1) is 15.2. The van der Waals surface area contributed by atoms with E-state index in [0.717, 1.165) is 19.3 Å². The van der Waals surface area contributed by atoms with Crippen LogP contribution in [0.1, 0.15) is 38.0 Å². The minimum atomic E-state index is -0.733. The molecule has 0 atom stereocenters. The zero-order valence-electron chi connectivity index (χ0n) is 16.8. The fourth-order valence-corrected chi connectivity index (χ4v) is 3.98. The summed E-state index contributed by atoms with van der Waals surface area (Å²) >= 11 is 0. The molecule has 2 aliphatic rings. The number of hydrogen-bond acceptors (Lipinski definition) is 8. The van der Waals surface area contributed by atoms with Crippen molar-refractivity contribution in [2.24, 2.45) is 0 Å². The predicted molar refractivity (Wildman–Crippen MR) is 110 cm³/mol. The maximum atomic E-state index is 12.9. The molecule has 3 aromatic rings. The van der Waals surface area contributed by atoms with Crippen LogP contribution in [0.25, 0.3) is 11.5 Å². The Balaban J connectivity index is 1.35. The topological polar surface area (TPSA) is 124 Å². The molecule has 1 saturated carbocycles. The number of carbonyl (C=O) groups excluding carboxylic acids is 1. The molecule has 0 saturated heterocycles. The zero-order chi connectivity index (χ0) is 21.1. The van der Waals surface area contributed by atoms with E-state index in [-0.39, 0.29) is 6.03 Å². The molecule has 0 bridgehead atoms. The van der Waals surface area contributed by atoms with Crippen molar-refractivity contribution in [3.8, 4) is 23.0 Å². The van der Waals surface area contributed by atoms with Gasteiger partial charge in [-0.05, 0) is 25.0 Å². The Morgan fingerprint density at radius 3 is 2.68 bits per heavy atom. The van der Waals surface area contributed by atoms with Crippen LogP contribution in [-0.4, -0.2) is 39.4 Å². The van der Waals surface area contributed by atoms with Crippen molar-refractivity contribution in [2.75, 3.05) is 18.5 Å². The van der Waals surface area contributed by atoms with E-state index >= 15 is 0 Å². The molecule has 31 heavy (non-hydrogen) atoms. The Morgan fingerprint density at radius 2 is 1.87 bits per heavy atom. The lowest BCUT2D eigenvalue weighted by Gasteiger charge is -2.34. The number of rotatable bonds is 4. The van der Waals surface area contributed by atoms with Gasteiger partial charge in [-0.25, -0.2) is 9.78 Å². The van der Waals surface area contributed by atoms with Gasteiger partial charge in [0.1, 0.15) is 24.4 Å². The monoisotopic (exact) mass is 422 g/mol. The molecule has 2 amide bonds. The summed E-state index contributed by atoms with van der Waals surface area (Å²) in [5, 5.41) is 10.0. The number of nitrogens with zero attached hydrogens (tertiary/aromatic N) is 4. The minimum absolute atomic E-state index is 0.349. The van der Waals surface area contributed by atoms with Crippen LogP contribution >= 0.6 is 0 Å². The number of fused-ring (bicyclic) bond motifs is 1. The van der Waals surface area contributed by atoms with Crippen molar-refractivity contribution >= 4 is 11.7 Å². The molecule has 1 aliphatic carbocycles. The van der Waals surface area contributed by atoms with Gasteiger partial charge in [0, 0.05) is 24.1 Å². The number of aromatic nitrogens is 4. The summed E-state index contributed by atoms with van der Waals surface area (Å²) in [4.78, 5) is 25.7. The molecule has 10 heteroatoms. The van der Waals surface area contributed by atoms with Crippen molar-refractivity contribution in [3.63, 3.8) is 0 Å². The van der Waals surface area contributed by atoms with Crippen LogP contribution in [0.15, 0.2) is 41.3 Å². The summed E-state index contributed by atoms with van der Waals surface area (Å²) in [6.45, 7) is 1.00. The molecule has 1 aromatic carbocycles. The molecular formula is C21H22N6O4. The maximum Gasteiger partial charge on any atom is 0.320 e. The number of amides is 2. The second-order valence-electron chi connectivity index (χ2n) is 7.59. The molecule has 0 spiro atoms. The van der Waals surface area contributed by atoms with Crippen LogP contribution in [0.4, 0.5) is 10.5 Å². The Labute approximate surface area is 178 Å². The zero-order valence-corrected chi connectivity index (χ0v) is 16.8. The summed E-state index contributed by atoms with van der Waals surface area (Å²) in [5.41, 5.74) is 0.395. The predicted octanol–water partition coefficient (Wildman–Crippen LogP) is 3.28. The van der Waals surface area contributed by atoms with Crippen LogP contribution in [0.5, 0.6) is 11.5 Å². The molecule has 2 N–H and O–H groups in total. The molecule has 160 valence electrons. The van der Waals surface area contributed by atoms with E-state index in [1.807, 2.05) is 0 Å². The number of ether oxygens (including phenoxy) is 2. The number of hydrogen-bond donors (Lipinski definition) is 2. The lowest BCUT2D eigenvalue weighted by molar-refractivity contribution is 0.171. The number of urea groups is 1. The largest absolute Gasteiger partial charge is 0.486 e. The van der Waals surface area contributed by atoms with Gasteiger partial charge in [-0.2, -0.15) is 4.98 Å². The summed E-state index contributed by atoms with van der Waals surface area (Å²) < 4.78 is 16.7. The Morgan fingerprint density at radius 1 is 1.03 bits per heavy atom. The van der Waals surface area contributed by atoms with Crippen LogP contribution in [0.3, 0.4) is 0 Å². The van der Waals surface area contributed by atoms with Gasteiger partial charge >= 0.3 is 6.03 Å². The van der Waals surface area contributed by atoms with E-state index < -0.39 is 5.54 Å². The lowest BCUT2D eigenvalue weighted by Crippen LogP contribution is -2.49. The summed E-state index contributed by atoms with van der Waals surface area (Å²) in [5.74, 6) is 2.01. The van der Waals surface area contributed by atoms with Crippen LogP contribution < -0.4 is 20.1 Å². The van der Waals surface area contributed by atoms with E-state index in [9.17, 15) is 4.79 Å². The summed E-state index contributed by atoms with van der Waals surface area (Å²) in [6, 6.07) is 4.96. The standard InChI is InChI=1S/C21H22N6O4/c28-20(24-14-4-5-16-17(12-14)30-11-10-29-16)26-21(6-2-1-3-7-21)19-25-18(27-31-19)15-13-22-8-9-23-15/h4-5,8-9,12-13H,1-3,6-7,10-11H2,(H2,24,26,28). The number of benzene rings is 1. The first-order valence-electron chi connectivity index (χ1n) is 10.3. The highest BCUT2D eigenvalue weighted by atomic mass is 16.6. The Kier molecular flexibility index (Phi) is 5.11. The molecule has 2 aromatic heterocycles. The first-order valence-corrected chi connectivity index (χ1v) is 10.3. The average Bonchev–Trinajstić information content (AvgIpc) is 3.31. The van der Waals surface area contributed by atoms with Crippen LogP contribution in [0.2, 0.25) is 0 Å².